The first-order valence-electron chi connectivity index (χ1n) is 7.48. The van der Waals surface area contributed by atoms with Gasteiger partial charge < -0.3 is 10.2 Å². The number of benzene rings is 1. The Bertz CT molecular complexity index is 430. The van der Waals surface area contributed by atoms with Crippen molar-refractivity contribution >= 4 is 5.91 Å². The second-order valence-corrected chi connectivity index (χ2v) is 5.37. The summed E-state index contributed by atoms with van der Waals surface area (Å²) >= 11 is 0. The summed E-state index contributed by atoms with van der Waals surface area (Å²) in [6.45, 7) is 4.08. The van der Waals surface area contributed by atoms with Crippen molar-refractivity contribution in [3.63, 3.8) is 0 Å². The third-order valence-corrected chi connectivity index (χ3v) is 3.73. The van der Waals surface area contributed by atoms with Crippen molar-refractivity contribution in [1.82, 2.24) is 10.2 Å². The summed E-state index contributed by atoms with van der Waals surface area (Å²) < 4.78 is 13.4. The van der Waals surface area contributed by atoms with E-state index in [2.05, 4.69) is 10.2 Å². The van der Waals surface area contributed by atoms with Crippen LogP contribution in [0.15, 0.2) is 24.3 Å². The van der Waals surface area contributed by atoms with Gasteiger partial charge >= 0.3 is 0 Å². The summed E-state index contributed by atoms with van der Waals surface area (Å²) in [5, 5.41) is 2.87. The SMILES string of the molecule is O=C(Cc1ccccc1F)NCCCN1CCCCC1. The molecule has 3 nitrogen and oxygen atoms in total. The van der Waals surface area contributed by atoms with E-state index in [0.717, 1.165) is 13.0 Å². The fourth-order valence-electron chi connectivity index (χ4n) is 2.59. The molecule has 1 saturated heterocycles. The Hall–Kier alpha value is -1.42. The second-order valence-electron chi connectivity index (χ2n) is 5.37. The van der Waals surface area contributed by atoms with Crippen molar-refractivity contribution in [1.29, 1.82) is 0 Å². The van der Waals surface area contributed by atoms with Crippen LogP contribution in [0, 0.1) is 5.82 Å². The maximum atomic E-state index is 13.4. The van der Waals surface area contributed by atoms with Crippen molar-refractivity contribution in [2.75, 3.05) is 26.2 Å². The number of carbonyl (C=O) groups excluding carboxylic acids is 1. The highest BCUT2D eigenvalue weighted by molar-refractivity contribution is 5.78. The number of hydrogen-bond donors (Lipinski definition) is 1. The molecule has 0 saturated carbocycles. The average molecular weight is 278 g/mol. The third-order valence-electron chi connectivity index (χ3n) is 3.73. The van der Waals surface area contributed by atoms with E-state index in [4.69, 9.17) is 0 Å². The van der Waals surface area contributed by atoms with Crippen LogP contribution in [-0.2, 0) is 11.2 Å². The number of piperidine rings is 1. The van der Waals surface area contributed by atoms with Crippen LogP contribution in [-0.4, -0.2) is 37.0 Å². The van der Waals surface area contributed by atoms with E-state index in [9.17, 15) is 9.18 Å². The van der Waals surface area contributed by atoms with Crippen molar-refractivity contribution in [2.45, 2.75) is 32.1 Å². The standard InChI is InChI=1S/C16H23FN2O/c17-15-8-3-2-7-14(15)13-16(20)18-9-6-12-19-10-4-1-5-11-19/h2-3,7-8H,1,4-6,9-13H2,(H,18,20). The highest BCUT2D eigenvalue weighted by Crippen LogP contribution is 2.09. The lowest BCUT2D eigenvalue weighted by Gasteiger charge is -2.26. The van der Waals surface area contributed by atoms with Crippen LogP contribution >= 0.6 is 0 Å². The molecule has 1 fully saturated rings. The topological polar surface area (TPSA) is 32.3 Å². The van der Waals surface area contributed by atoms with Crippen LogP contribution in [0.1, 0.15) is 31.2 Å². The van der Waals surface area contributed by atoms with Gasteiger partial charge in [-0.15, -0.1) is 0 Å². The van der Waals surface area contributed by atoms with E-state index in [1.165, 1.54) is 38.4 Å². The fraction of sp³-hybridized carbons (Fsp3) is 0.562. The lowest BCUT2D eigenvalue weighted by molar-refractivity contribution is -0.120. The van der Waals surface area contributed by atoms with Gasteiger partial charge in [-0.25, -0.2) is 4.39 Å². The summed E-state index contributed by atoms with van der Waals surface area (Å²) in [7, 11) is 0. The molecule has 0 aromatic heterocycles. The number of likely N-dealkylation sites (tertiary alicyclic amines) is 1. The predicted molar refractivity (Wildman–Crippen MR) is 78.0 cm³/mol. The van der Waals surface area contributed by atoms with Gasteiger partial charge in [-0.05, 0) is 50.5 Å². The second kappa shape index (κ2) is 8.00. The molecule has 0 atom stereocenters. The molecule has 110 valence electrons. The number of hydrogen-bond acceptors (Lipinski definition) is 2. The molecule has 1 aliphatic heterocycles. The molecule has 0 unspecified atom stereocenters. The molecular weight excluding hydrogens is 255 g/mol. The minimum Gasteiger partial charge on any atom is -0.356 e. The number of rotatable bonds is 6. The van der Waals surface area contributed by atoms with Gasteiger partial charge in [0, 0.05) is 6.54 Å². The summed E-state index contributed by atoms with van der Waals surface area (Å²) in [6.07, 6.45) is 5.01. The van der Waals surface area contributed by atoms with Crippen molar-refractivity contribution in [3.8, 4) is 0 Å². The Morgan fingerprint density at radius 3 is 2.70 bits per heavy atom. The first kappa shape index (κ1) is 15.0. The van der Waals surface area contributed by atoms with Crippen molar-refractivity contribution in [3.05, 3.63) is 35.6 Å². The summed E-state index contributed by atoms with van der Waals surface area (Å²) in [5.74, 6) is -0.412. The maximum Gasteiger partial charge on any atom is 0.224 e. The van der Waals surface area contributed by atoms with Crippen LogP contribution < -0.4 is 5.32 Å². The number of amides is 1. The molecule has 4 heteroatoms. The lowest BCUT2D eigenvalue weighted by Crippen LogP contribution is -2.33. The minimum absolute atomic E-state index is 0.103. The van der Waals surface area contributed by atoms with Crippen molar-refractivity contribution < 1.29 is 9.18 Å². The summed E-state index contributed by atoms with van der Waals surface area (Å²) in [4.78, 5) is 14.2. The van der Waals surface area contributed by atoms with E-state index in [1.807, 2.05) is 0 Å². The first-order valence-corrected chi connectivity index (χ1v) is 7.48. The van der Waals surface area contributed by atoms with Gasteiger partial charge in [0.05, 0.1) is 6.42 Å². The van der Waals surface area contributed by atoms with Gasteiger partial charge in [-0.3, -0.25) is 4.79 Å². The molecule has 20 heavy (non-hydrogen) atoms. The molecule has 1 amide bonds. The zero-order valence-electron chi connectivity index (χ0n) is 11.9. The average Bonchev–Trinajstić information content (AvgIpc) is 2.47. The van der Waals surface area contributed by atoms with Gasteiger partial charge in [0.15, 0.2) is 0 Å². The molecule has 1 heterocycles. The fourth-order valence-corrected chi connectivity index (χ4v) is 2.59. The summed E-state index contributed by atoms with van der Waals surface area (Å²) in [5.41, 5.74) is 0.459. The summed E-state index contributed by atoms with van der Waals surface area (Å²) in [6, 6.07) is 6.43. The van der Waals surface area contributed by atoms with Crippen LogP contribution in [0.3, 0.4) is 0 Å². The monoisotopic (exact) mass is 278 g/mol. The minimum atomic E-state index is -0.309. The molecule has 2 rings (SSSR count). The quantitative estimate of drug-likeness (QED) is 0.810. The normalized spacial score (nSPS) is 16.1. The molecule has 1 aliphatic rings. The zero-order valence-corrected chi connectivity index (χ0v) is 11.9. The Labute approximate surface area is 120 Å². The van der Waals surface area contributed by atoms with Gasteiger partial charge in [0.2, 0.25) is 5.91 Å². The van der Waals surface area contributed by atoms with E-state index in [0.29, 0.717) is 12.1 Å². The van der Waals surface area contributed by atoms with Crippen LogP contribution in [0.2, 0.25) is 0 Å². The Balaban J connectivity index is 1.61. The van der Waals surface area contributed by atoms with Crippen LogP contribution in [0.5, 0.6) is 0 Å². The number of carbonyl (C=O) groups is 1. The Morgan fingerprint density at radius 2 is 1.95 bits per heavy atom. The van der Waals surface area contributed by atoms with Crippen molar-refractivity contribution in [2.24, 2.45) is 0 Å². The van der Waals surface area contributed by atoms with Gasteiger partial charge in [0.25, 0.3) is 0 Å². The van der Waals surface area contributed by atoms with E-state index >= 15 is 0 Å². The molecule has 1 N–H and O–H groups in total. The molecule has 1 aromatic rings. The van der Waals surface area contributed by atoms with Gasteiger partial charge in [0.1, 0.15) is 5.82 Å². The third kappa shape index (κ3) is 4.93. The largest absolute Gasteiger partial charge is 0.356 e. The smallest absolute Gasteiger partial charge is 0.224 e. The Morgan fingerprint density at radius 1 is 1.20 bits per heavy atom. The van der Waals surface area contributed by atoms with Gasteiger partial charge in [-0.2, -0.15) is 0 Å². The van der Waals surface area contributed by atoms with E-state index < -0.39 is 0 Å². The molecule has 0 spiro atoms. The lowest BCUT2D eigenvalue weighted by atomic mass is 10.1. The number of halogens is 1. The molecule has 1 aromatic carbocycles. The Kier molecular flexibility index (Phi) is 5.99. The molecule has 0 bridgehead atoms. The predicted octanol–water partition coefficient (Wildman–Crippen LogP) is 2.36. The molecule has 0 radical (unpaired) electrons. The first-order chi connectivity index (χ1) is 9.75. The van der Waals surface area contributed by atoms with Crippen LogP contribution in [0.4, 0.5) is 4.39 Å². The van der Waals surface area contributed by atoms with E-state index in [1.54, 1.807) is 18.2 Å². The highest BCUT2D eigenvalue weighted by Gasteiger charge is 2.10. The highest BCUT2D eigenvalue weighted by atomic mass is 19.1. The van der Waals surface area contributed by atoms with E-state index in [-0.39, 0.29) is 18.1 Å². The maximum absolute atomic E-state index is 13.4. The number of nitrogens with zero attached hydrogens (tertiary/aromatic N) is 1. The van der Waals surface area contributed by atoms with Crippen LogP contribution in [0.25, 0.3) is 0 Å². The molecular formula is C16H23FN2O. The van der Waals surface area contributed by atoms with Gasteiger partial charge in [-0.1, -0.05) is 24.6 Å². The zero-order chi connectivity index (χ0) is 14.2. The molecule has 0 aliphatic carbocycles. The number of nitrogens with one attached hydrogen (secondary N) is 1.